The van der Waals surface area contributed by atoms with Gasteiger partial charge in [-0.1, -0.05) is 42.5 Å². The van der Waals surface area contributed by atoms with Crippen LogP contribution in [0.25, 0.3) is 33.4 Å². The fourth-order valence-corrected chi connectivity index (χ4v) is 4.56. The van der Waals surface area contributed by atoms with Crippen molar-refractivity contribution in [3.05, 3.63) is 102 Å². The largest absolute Gasteiger partial charge is 0.397 e. The number of nitrogens with one attached hydrogen (secondary N) is 2. The van der Waals surface area contributed by atoms with Crippen LogP contribution in [-0.2, 0) is 0 Å². The number of nitrogens with two attached hydrogens (primary N) is 1. The molecule has 0 radical (unpaired) electrons. The van der Waals surface area contributed by atoms with Crippen LogP contribution in [-0.4, -0.2) is 20.9 Å². The molecule has 1 unspecified atom stereocenters. The Morgan fingerprint density at radius 1 is 0.906 bits per heavy atom. The molecule has 0 aliphatic heterocycles. The van der Waals surface area contributed by atoms with Crippen LogP contribution in [0.4, 0.5) is 5.69 Å². The quantitative estimate of drug-likeness (QED) is 0.396. The molecular formula is C26H19N5O. The molecule has 0 saturated heterocycles. The van der Waals surface area contributed by atoms with Gasteiger partial charge >= 0.3 is 0 Å². The van der Waals surface area contributed by atoms with E-state index in [4.69, 9.17) is 5.73 Å². The zero-order chi connectivity index (χ0) is 21.7. The van der Waals surface area contributed by atoms with Gasteiger partial charge in [0.1, 0.15) is 5.65 Å². The molecule has 1 amide bonds. The number of H-pyrrole nitrogens is 1. The van der Waals surface area contributed by atoms with Crippen molar-refractivity contribution in [2.75, 3.05) is 5.73 Å². The summed E-state index contributed by atoms with van der Waals surface area (Å²) in [5, 5.41) is 4.06. The van der Waals surface area contributed by atoms with Gasteiger partial charge in [0.05, 0.1) is 29.2 Å². The van der Waals surface area contributed by atoms with E-state index in [0.29, 0.717) is 16.9 Å². The number of amides is 1. The highest BCUT2D eigenvalue weighted by molar-refractivity contribution is 6.06. The summed E-state index contributed by atoms with van der Waals surface area (Å²) in [5.41, 5.74) is 13.9. The Hall–Kier alpha value is -4.45. The lowest BCUT2D eigenvalue weighted by Crippen LogP contribution is -2.28. The molecule has 1 atom stereocenters. The molecule has 6 nitrogen and oxygen atoms in total. The van der Waals surface area contributed by atoms with Gasteiger partial charge in [-0.25, -0.2) is 4.98 Å². The molecule has 5 aromatic rings. The molecule has 0 saturated carbocycles. The Bertz CT molecular complexity index is 1490. The number of carbonyl (C=O) groups excluding carboxylic acids is 1. The summed E-state index contributed by atoms with van der Waals surface area (Å²) in [6.45, 7) is 0. The van der Waals surface area contributed by atoms with Gasteiger partial charge in [0.25, 0.3) is 5.91 Å². The van der Waals surface area contributed by atoms with Crippen molar-refractivity contribution in [1.29, 1.82) is 0 Å². The third-order valence-electron chi connectivity index (χ3n) is 5.99. The lowest BCUT2D eigenvalue weighted by molar-refractivity contribution is 0.0945. The fraction of sp³-hybridized carbons (Fsp3) is 0.0385. The van der Waals surface area contributed by atoms with E-state index in [-0.39, 0.29) is 11.9 Å². The van der Waals surface area contributed by atoms with Crippen LogP contribution in [0.15, 0.2) is 85.3 Å². The van der Waals surface area contributed by atoms with Crippen LogP contribution in [0.1, 0.15) is 27.5 Å². The number of pyridine rings is 2. The van der Waals surface area contributed by atoms with Crippen LogP contribution in [0.2, 0.25) is 0 Å². The molecule has 154 valence electrons. The van der Waals surface area contributed by atoms with E-state index in [1.165, 1.54) is 0 Å². The van der Waals surface area contributed by atoms with E-state index < -0.39 is 0 Å². The predicted molar refractivity (Wildman–Crippen MR) is 125 cm³/mol. The van der Waals surface area contributed by atoms with Crippen LogP contribution in [0.3, 0.4) is 0 Å². The van der Waals surface area contributed by atoms with Crippen LogP contribution >= 0.6 is 0 Å². The first-order chi connectivity index (χ1) is 15.7. The number of aromatic nitrogens is 3. The number of hydrogen-bond acceptors (Lipinski definition) is 4. The first kappa shape index (κ1) is 18.3. The van der Waals surface area contributed by atoms with Crippen LogP contribution in [0, 0.1) is 0 Å². The monoisotopic (exact) mass is 417 g/mol. The van der Waals surface area contributed by atoms with Crippen LogP contribution in [0.5, 0.6) is 0 Å². The summed E-state index contributed by atoms with van der Waals surface area (Å²) in [6.07, 6.45) is 5.11. The van der Waals surface area contributed by atoms with Gasteiger partial charge in [-0.3, -0.25) is 9.78 Å². The summed E-state index contributed by atoms with van der Waals surface area (Å²) >= 11 is 0. The second-order valence-electron chi connectivity index (χ2n) is 7.84. The summed E-state index contributed by atoms with van der Waals surface area (Å²) in [5.74, 6) is -0.138. The molecule has 2 aromatic carbocycles. The Morgan fingerprint density at radius 3 is 2.62 bits per heavy atom. The minimum atomic E-state index is -0.260. The smallest absolute Gasteiger partial charge is 0.252 e. The number of rotatable bonds is 3. The van der Waals surface area contributed by atoms with E-state index in [2.05, 4.69) is 44.5 Å². The summed E-state index contributed by atoms with van der Waals surface area (Å²) in [7, 11) is 0. The molecule has 32 heavy (non-hydrogen) atoms. The number of nitrogens with zero attached hydrogens (tertiary/aromatic N) is 2. The molecule has 1 aliphatic carbocycles. The first-order valence-electron chi connectivity index (χ1n) is 10.4. The highest BCUT2D eigenvalue weighted by Crippen LogP contribution is 2.47. The fourth-order valence-electron chi connectivity index (χ4n) is 4.56. The SMILES string of the molecule is Nc1ccc(-c2cccc3c2-c2ccccc2C3NC(=O)c2ccnc3[nH]ccc23)nc1. The number of anilines is 1. The molecule has 3 heterocycles. The van der Waals surface area contributed by atoms with E-state index in [9.17, 15) is 4.79 Å². The van der Waals surface area contributed by atoms with Gasteiger partial charge in [-0.15, -0.1) is 0 Å². The minimum Gasteiger partial charge on any atom is -0.397 e. The molecule has 4 N–H and O–H groups in total. The Labute approximate surface area is 184 Å². The second kappa shape index (κ2) is 7.06. The molecule has 6 heteroatoms. The van der Waals surface area contributed by atoms with Gasteiger partial charge in [0.15, 0.2) is 0 Å². The maximum atomic E-state index is 13.3. The zero-order valence-corrected chi connectivity index (χ0v) is 17.0. The van der Waals surface area contributed by atoms with Crippen molar-refractivity contribution in [2.45, 2.75) is 6.04 Å². The van der Waals surface area contributed by atoms with Crippen molar-refractivity contribution in [1.82, 2.24) is 20.3 Å². The molecule has 0 bridgehead atoms. The highest BCUT2D eigenvalue weighted by Gasteiger charge is 2.32. The van der Waals surface area contributed by atoms with E-state index in [1.54, 1.807) is 24.7 Å². The molecule has 0 spiro atoms. The van der Waals surface area contributed by atoms with E-state index >= 15 is 0 Å². The van der Waals surface area contributed by atoms with Gasteiger partial charge < -0.3 is 16.0 Å². The average Bonchev–Trinajstić information content (AvgIpc) is 3.43. The first-order valence-corrected chi connectivity index (χ1v) is 10.4. The van der Waals surface area contributed by atoms with Crippen LogP contribution < -0.4 is 11.1 Å². The maximum Gasteiger partial charge on any atom is 0.252 e. The van der Waals surface area contributed by atoms with Gasteiger partial charge in [0.2, 0.25) is 0 Å². The minimum absolute atomic E-state index is 0.138. The number of nitrogen functional groups attached to an aromatic ring is 1. The van der Waals surface area contributed by atoms with Crippen molar-refractivity contribution in [2.24, 2.45) is 0 Å². The molecule has 3 aromatic heterocycles. The normalized spacial score (nSPS) is 14.2. The number of benzene rings is 2. The maximum absolute atomic E-state index is 13.3. The third-order valence-corrected chi connectivity index (χ3v) is 5.99. The number of fused-ring (bicyclic) bond motifs is 4. The van der Waals surface area contributed by atoms with E-state index in [0.717, 1.165) is 38.9 Å². The molecule has 0 fully saturated rings. The standard InChI is InChI=1S/C26H19N5O/c27-15-8-9-22(30-14-15)20-6-3-7-21-23(20)16-4-1-2-5-17(16)24(21)31-26(32)19-11-13-29-25-18(19)10-12-28-25/h1-14,24H,27H2,(H,28,29)(H,31,32). The molecule has 6 rings (SSSR count). The van der Waals surface area contributed by atoms with Gasteiger partial charge in [-0.05, 0) is 46.5 Å². The zero-order valence-electron chi connectivity index (χ0n) is 17.0. The Kier molecular flexibility index (Phi) is 4.04. The van der Waals surface area contributed by atoms with Gasteiger partial charge in [-0.2, -0.15) is 0 Å². The van der Waals surface area contributed by atoms with Gasteiger partial charge in [0, 0.05) is 23.3 Å². The highest BCUT2D eigenvalue weighted by atomic mass is 16.1. The second-order valence-corrected chi connectivity index (χ2v) is 7.84. The predicted octanol–water partition coefficient (Wildman–Crippen LogP) is 4.71. The van der Waals surface area contributed by atoms with Crippen molar-refractivity contribution in [3.63, 3.8) is 0 Å². The van der Waals surface area contributed by atoms with Crippen molar-refractivity contribution < 1.29 is 4.79 Å². The summed E-state index contributed by atoms with van der Waals surface area (Å²) in [4.78, 5) is 25.2. The Morgan fingerprint density at radius 2 is 1.75 bits per heavy atom. The van der Waals surface area contributed by atoms with Crippen molar-refractivity contribution >= 4 is 22.6 Å². The van der Waals surface area contributed by atoms with E-state index in [1.807, 2.05) is 36.4 Å². The molecular weight excluding hydrogens is 398 g/mol. The lowest BCUT2D eigenvalue weighted by atomic mass is 9.96. The average molecular weight is 417 g/mol. The van der Waals surface area contributed by atoms with Crippen molar-refractivity contribution in [3.8, 4) is 22.4 Å². The number of aromatic amines is 1. The molecule has 1 aliphatic rings. The lowest BCUT2D eigenvalue weighted by Gasteiger charge is -2.17. The topological polar surface area (TPSA) is 96.7 Å². The number of hydrogen-bond donors (Lipinski definition) is 3. The summed E-state index contributed by atoms with van der Waals surface area (Å²) in [6, 6.07) is 21.5. The third kappa shape index (κ3) is 2.77. The summed E-state index contributed by atoms with van der Waals surface area (Å²) < 4.78 is 0. The number of carbonyl (C=O) groups is 1. The Balaban J connectivity index is 1.47.